The van der Waals surface area contributed by atoms with Crippen LogP contribution in [0.5, 0.6) is 0 Å². The summed E-state index contributed by atoms with van der Waals surface area (Å²) in [6.07, 6.45) is -4.59. The first-order chi connectivity index (χ1) is 13.4. The maximum absolute atomic E-state index is 13.4. The number of nitrogens with one attached hydrogen (secondary N) is 2. The molecular formula is C20H22BF3N2O3. The summed E-state index contributed by atoms with van der Waals surface area (Å²) in [4.78, 5) is 12.2. The van der Waals surface area contributed by atoms with Crippen molar-refractivity contribution in [2.45, 2.75) is 45.1 Å². The van der Waals surface area contributed by atoms with E-state index in [2.05, 4.69) is 10.6 Å². The van der Waals surface area contributed by atoms with Gasteiger partial charge >= 0.3 is 19.3 Å². The molecule has 1 fully saturated rings. The monoisotopic (exact) mass is 406 g/mol. The third kappa shape index (κ3) is 4.73. The zero-order valence-electron chi connectivity index (χ0n) is 16.6. The number of hydrogen-bond donors (Lipinski definition) is 2. The van der Waals surface area contributed by atoms with Crippen LogP contribution in [0.25, 0.3) is 0 Å². The van der Waals surface area contributed by atoms with Crippen LogP contribution in [0.4, 0.5) is 29.3 Å². The Bertz CT molecular complexity index is 886. The van der Waals surface area contributed by atoms with Crippen molar-refractivity contribution in [1.82, 2.24) is 0 Å². The Morgan fingerprint density at radius 2 is 1.45 bits per heavy atom. The smallest absolute Gasteiger partial charge is 0.399 e. The van der Waals surface area contributed by atoms with Crippen LogP contribution >= 0.6 is 0 Å². The molecule has 2 aromatic rings. The van der Waals surface area contributed by atoms with E-state index in [1.54, 1.807) is 30.3 Å². The summed E-state index contributed by atoms with van der Waals surface area (Å²) in [6, 6.07) is 11.2. The quantitative estimate of drug-likeness (QED) is 0.730. The molecule has 0 aromatic heterocycles. The van der Waals surface area contributed by atoms with Gasteiger partial charge in [-0.15, -0.1) is 0 Å². The van der Waals surface area contributed by atoms with Gasteiger partial charge in [-0.2, -0.15) is 13.2 Å². The van der Waals surface area contributed by atoms with Crippen LogP contribution in [0.15, 0.2) is 48.5 Å². The van der Waals surface area contributed by atoms with Gasteiger partial charge in [0.1, 0.15) is 0 Å². The lowest BCUT2D eigenvalue weighted by molar-refractivity contribution is -0.137. The Balaban J connectivity index is 1.88. The highest BCUT2D eigenvalue weighted by atomic mass is 19.4. The van der Waals surface area contributed by atoms with E-state index < -0.39 is 36.1 Å². The minimum Gasteiger partial charge on any atom is -0.399 e. The number of rotatable bonds is 3. The van der Waals surface area contributed by atoms with Gasteiger partial charge in [-0.25, -0.2) is 4.79 Å². The summed E-state index contributed by atoms with van der Waals surface area (Å²) in [5.41, 5.74) is -1.64. The molecule has 29 heavy (non-hydrogen) atoms. The van der Waals surface area contributed by atoms with E-state index in [1.165, 1.54) is 6.07 Å². The van der Waals surface area contributed by atoms with E-state index in [9.17, 15) is 18.0 Å². The number of carbonyl (C=O) groups excluding carboxylic acids is 1. The Morgan fingerprint density at radius 1 is 0.897 bits per heavy atom. The number of amides is 2. The third-order valence-electron chi connectivity index (χ3n) is 5.10. The molecule has 0 aliphatic carbocycles. The summed E-state index contributed by atoms with van der Waals surface area (Å²) in [5, 5.41) is 5.02. The zero-order chi connectivity index (χ0) is 21.4. The highest BCUT2D eigenvalue weighted by Crippen LogP contribution is 2.37. The van der Waals surface area contributed by atoms with Crippen LogP contribution in [-0.2, 0) is 15.5 Å². The first-order valence-corrected chi connectivity index (χ1v) is 9.08. The molecule has 5 nitrogen and oxygen atoms in total. The Hall–Kier alpha value is -2.52. The minimum absolute atomic E-state index is 0.0158. The van der Waals surface area contributed by atoms with Crippen LogP contribution in [0.1, 0.15) is 33.3 Å². The van der Waals surface area contributed by atoms with Crippen molar-refractivity contribution in [3.05, 3.63) is 54.1 Å². The molecule has 0 saturated carbocycles. The van der Waals surface area contributed by atoms with Crippen LogP contribution in [0, 0.1) is 0 Å². The van der Waals surface area contributed by atoms with Gasteiger partial charge in [-0.05, 0) is 57.4 Å². The Labute approximate surface area is 167 Å². The number of carbonyl (C=O) groups is 1. The van der Waals surface area contributed by atoms with Gasteiger partial charge < -0.3 is 19.9 Å². The average molecular weight is 406 g/mol. The lowest BCUT2D eigenvalue weighted by Crippen LogP contribution is -2.41. The number of alkyl halides is 3. The molecule has 3 rings (SSSR count). The normalized spacial score (nSPS) is 17.8. The number of urea groups is 1. The standard InChI is InChI=1S/C20H22BF3N2O3/c1-18(2)19(3,4)29-21(28-18)14-10-13(20(22,23)24)11-16(12-14)26-17(27)25-15-8-6-5-7-9-15/h5-12H,1-4H3,(H2,25,26,27). The van der Waals surface area contributed by atoms with Crippen LogP contribution in [0.3, 0.4) is 0 Å². The Morgan fingerprint density at radius 3 is 2.00 bits per heavy atom. The average Bonchev–Trinajstić information content (AvgIpc) is 2.82. The van der Waals surface area contributed by atoms with Gasteiger partial charge in [0.2, 0.25) is 0 Å². The van der Waals surface area contributed by atoms with Gasteiger partial charge in [-0.1, -0.05) is 24.3 Å². The molecule has 0 radical (unpaired) electrons. The van der Waals surface area contributed by atoms with Gasteiger partial charge in [0.15, 0.2) is 0 Å². The molecule has 2 amide bonds. The van der Waals surface area contributed by atoms with Crippen molar-refractivity contribution < 1.29 is 27.3 Å². The zero-order valence-corrected chi connectivity index (χ0v) is 16.6. The van der Waals surface area contributed by atoms with E-state index in [0.29, 0.717) is 5.69 Å². The number of para-hydroxylation sites is 1. The van der Waals surface area contributed by atoms with Crippen LogP contribution in [0.2, 0.25) is 0 Å². The van der Waals surface area contributed by atoms with E-state index >= 15 is 0 Å². The van der Waals surface area contributed by atoms with Crippen LogP contribution < -0.4 is 16.1 Å². The van der Waals surface area contributed by atoms with E-state index in [1.807, 2.05) is 27.7 Å². The summed E-state index contributed by atoms with van der Waals surface area (Å²) in [6.45, 7) is 7.25. The van der Waals surface area contributed by atoms with E-state index in [-0.39, 0.29) is 11.2 Å². The number of halogens is 3. The van der Waals surface area contributed by atoms with Gasteiger partial charge in [0.05, 0.1) is 16.8 Å². The molecule has 2 N–H and O–H groups in total. The third-order valence-corrected chi connectivity index (χ3v) is 5.10. The van der Waals surface area contributed by atoms with Crippen molar-refractivity contribution >= 4 is 30.0 Å². The van der Waals surface area contributed by atoms with E-state index in [4.69, 9.17) is 9.31 Å². The maximum atomic E-state index is 13.4. The topological polar surface area (TPSA) is 59.6 Å². The van der Waals surface area contributed by atoms with Crippen molar-refractivity contribution in [1.29, 1.82) is 0 Å². The molecule has 1 heterocycles. The van der Waals surface area contributed by atoms with Crippen molar-refractivity contribution in [3.8, 4) is 0 Å². The highest BCUT2D eigenvalue weighted by molar-refractivity contribution is 6.62. The molecule has 2 aromatic carbocycles. The second kappa shape index (κ2) is 7.38. The van der Waals surface area contributed by atoms with Crippen molar-refractivity contribution in [2.24, 2.45) is 0 Å². The second-order valence-electron chi connectivity index (χ2n) is 7.87. The Kier molecular flexibility index (Phi) is 5.40. The van der Waals surface area contributed by atoms with Gasteiger partial charge in [-0.3, -0.25) is 0 Å². The molecule has 1 saturated heterocycles. The first kappa shape index (κ1) is 21.2. The van der Waals surface area contributed by atoms with Gasteiger partial charge in [0, 0.05) is 11.4 Å². The number of benzene rings is 2. The number of anilines is 2. The summed E-state index contributed by atoms with van der Waals surface area (Å²) >= 11 is 0. The molecule has 0 bridgehead atoms. The summed E-state index contributed by atoms with van der Waals surface area (Å²) < 4.78 is 52.0. The fourth-order valence-corrected chi connectivity index (χ4v) is 2.82. The lowest BCUT2D eigenvalue weighted by Gasteiger charge is -2.32. The fourth-order valence-electron chi connectivity index (χ4n) is 2.82. The highest BCUT2D eigenvalue weighted by Gasteiger charge is 2.52. The van der Waals surface area contributed by atoms with Crippen molar-refractivity contribution in [3.63, 3.8) is 0 Å². The second-order valence-corrected chi connectivity index (χ2v) is 7.87. The maximum Gasteiger partial charge on any atom is 0.494 e. The van der Waals surface area contributed by atoms with Gasteiger partial charge in [0.25, 0.3) is 0 Å². The molecule has 1 aliphatic rings. The predicted molar refractivity (Wildman–Crippen MR) is 106 cm³/mol. The molecule has 9 heteroatoms. The molecule has 0 unspecified atom stereocenters. The summed E-state index contributed by atoms with van der Waals surface area (Å²) in [7, 11) is -0.986. The SMILES string of the molecule is CC1(C)OB(c2cc(NC(=O)Nc3ccccc3)cc(C(F)(F)F)c2)OC1(C)C. The molecule has 0 atom stereocenters. The molecule has 1 aliphatic heterocycles. The first-order valence-electron chi connectivity index (χ1n) is 9.08. The molecule has 0 spiro atoms. The predicted octanol–water partition coefficient (Wildman–Crippen LogP) is 4.65. The van der Waals surface area contributed by atoms with Crippen molar-refractivity contribution in [2.75, 3.05) is 10.6 Å². The molecular weight excluding hydrogens is 384 g/mol. The lowest BCUT2D eigenvalue weighted by atomic mass is 9.78. The van der Waals surface area contributed by atoms with Crippen LogP contribution in [-0.4, -0.2) is 24.4 Å². The minimum atomic E-state index is -4.59. The summed E-state index contributed by atoms with van der Waals surface area (Å²) in [5.74, 6) is 0. The van der Waals surface area contributed by atoms with E-state index in [0.717, 1.165) is 12.1 Å². The number of hydrogen-bond acceptors (Lipinski definition) is 3. The molecule has 154 valence electrons. The largest absolute Gasteiger partial charge is 0.494 e. The fraction of sp³-hybridized carbons (Fsp3) is 0.350.